The predicted octanol–water partition coefficient (Wildman–Crippen LogP) is 4.66. The van der Waals surface area contributed by atoms with Crippen molar-refractivity contribution in [1.29, 1.82) is 0 Å². The number of nitrogens with one attached hydrogen (secondary N) is 1. The number of anilines is 1. The lowest BCUT2D eigenvalue weighted by atomic mass is 9.96. The largest absolute Gasteiger partial charge is 0.496 e. The van der Waals surface area contributed by atoms with Crippen LogP contribution in [0.4, 0.5) is 5.69 Å². The van der Waals surface area contributed by atoms with Crippen LogP contribution >= 0.6 is 23.2 Å². The standard InChI is InChI=1S/C23H29Cl2N3O2/c1-30-22-14-20(25)21(26)13-19(22)23(29)27-15-17-8-11-28(12-9-17)10-2-3-16-4-6-18(24)7-5-16/h4-7,13-14,17H,2-3,8-12,15,26H2,1H3,(H,27,29). The second kappa shape index (κ2) is 10.9. The number of hydrogen-bond donors (Lipinski definition) is 2. The molecule has 0 radical (unpaired) electrons. The lowest BCUT2D eigenvalue weighted by molar-refractivity contribution is 0.0933. The quantitative estimate of drug-likeness (QED) is 0.575. The van der Waals surface area contributed by atoms with Crippen molar-refractivity contribution in [1.82, 2.24) is 10.2 Å². The molecule has 1 fully saturated rings. The number of ether oxygens (including phenoxy) is 1. The van der Waals surface area contributed by atoms with Gasteiger partial charge in [0.15, 0.2) is 0 Å². The number of likely N-dealkylation sites (tertiary alicyclic amines) is 1. The van der Waals surface area contributed by atoms with Crippen LogP contribution in [0.5, 0.6) is 5.75 Å². The molecule has 0 atom stereocenters. The molecule has 30 heavy (non-hydrogen) atoms. The summed E-state index contributed by atoms with van der Waals surface area (Å²) >= 11 is 12.0. The summed E-state index contributed by atoms with van der Waals surface area (Å²) in [6, 6.07) is 11.2. The predicted molar refractivity (Wildman–Crippen MR) is 124 cm³/mol. The Hall–Kier alpha value is -1.95. The minimum absolute atomic E-state index is 0.180. The molecular weight excluding hydrogens is 421 g/mol. The molecule has 0 aromatic heterocycles. The Morgan fingerprint density at radius 1 is 1.20 bits per heavy atom. The average Bonchev–Trinajstić information content (AvgIpc) is 2.76. The molecule has 5 nitrogen and oxygen atoms in total. The van der Waals surface area contributed by atoms with Crippen LogP contribution in [0.3, 0.4) is 0 Å². The van der Waals surface area contributed by atoms with E-state index in [9.17, 15) is 4.79 Å². The van der Waals surface area contributed by atoms with E-state index in [4.69, 9.17) is 33.7 Å². The number of hydrogen-bond acceptors (Lipinski definition) is 4. The number of nitrogens with zero attached hydrogens (tertiary/aromatic N) is 1. The van der Waals surface area contributed by atoms with Crippen molar-refractivity contribution in [2.45, 2.75) is 25.7 Å². The maximum atomic E-state index is 12.6. The van der Waals surface area contributed by atoms with Gasteiger partial charge in [-0.25, -0.2) is 0 Å². The number of nitrogen functional groups attached to an aromatic ring is 1. The van der Waals surface area contributed by atoms with Crippen molar-refractivity contribution in [3.05, 3.63) is 57.6 Å². The zero-order valence-corrected chi connectivity index (χ0v) is 18.8. The highest BCUT2D eigenvalue weighted by molar-refractivity contribution is 6.33. The summed E-state index contributed by atoms with van der Waals surface area (Å²) in [5.41, 5.74) is 7.96. The summed E-state index contributed by atoms with van der Waals surface area (Å²) in [7, 11) is 1.52. The molecular formula is C23H29Cl2N3O2. The molecule has 1 saturated heterocycles. The molecule has 0 unspecified atom stereocenters. The fraction of sp³-hybridized carbons (Fsp3) is 0.435. The first kappa shape index (κ1) is 22.7. The molecule has 1 amide bonds. The lowest BCUT2D eigenvalue weighted by Gasteiger charge is -2.32. The van der Waals surface area contributed by atoms with Crippen LogP contribution in [0.25, 0.3) is 0 Å². The monoisotopic (exact) mass is 449 g/mol. The summed E-state index contributed by atoms with van der Waals surface area (Å²) < 4.78 is 5.27. The third kappa shape index (κ3) is 6.27. The van der Waals surface area contributed by atoms with Crippen LogP contribution in [0.1, 0.15) is 35.2 Å². The number of methoxy groups -OCH3 is 1. The number of nitrogens with two attached hydrogens (primary N) is 1. The van der Waals surface area contributed by atoms with Crippen LogP contribution in [-0.4, -0.2) is 44.1 Å². The molecule has 3 N–H and O–H groups in total. The van der Waals surface area contributed by atoms with Gasteiger partial charge < -0.3 is 20.7 Å². The normalized spacial score (nSPS) is 15.2. The van der Waals surface area contributed by atoms with E-state index in [-0.39, 0.29) is 5.91 Å². The molecule has 0 aliphatic carbocycles. The van der Waals surface area contributed by atoms with Crippen molar-refractivity contribution in [2.75, 3.05) is 39.0 Å². The van der Waals surface area contributed by atoms with E-state index >= 15 is 0 Å². The van der Waals surface area contributed by atoms with Gasteiger partial charge in [-0.1, -0.05) is 35.3 Å². The fourth-order valence-corrected chi connectivity index (χ4v) is 4.10. The van der Waals surface area contributed by atoms with E-state index in [0.29, 0.717) is 34.5 Å². The Bertz CT molecular complexity index is 850. The average molecular weight is 450 g/mol. The maximum absolute atomic E-state index is 12.6. The molecule has 3 rings (SSSR count). The van der Waals surface area contributed by atoms with E-state index < -0.39 is 0 Å². The highest BCUT2D eigenvalue weighted by Crippen LogP contribution is 2.29. The van der Waals surface area contributed by atoms with Crippen LogP contribution in [0, 0.1) is 5.92 Å². The lowest BCUT2D eigenvalue weighted by Crippen LogP contribution is -2.39. The van der Waals surface area contributed by atoms with Gasteiger partial charge in [0.2, 0.25) is 0 Å². The topological polar surface area (TPSA) is 67.6 Å². The van der Waals surface area contributed by atoms with Gasteiger partial charge >= 0.3 is 0 Å². The highest BCUT2D eigenvalue weighted by Gasteiger charge is 2.21. The Morgan fingerprint density at radius 3 is 2.57 bits per heavy atom. The molecule has 0 saturated carbocycles. The number of amides is 1. The molecule has 2 aromatic rings. The first-order valence-electron chi connectivity index (χ1n) is 10.3. The van der Waals surface area contributed by atoms with Crippen molar-refractivity contribution in [3.63, 3.8) is 0 Å². The highest BCUT2D eigenvalue weighted by atomic mass is 35.5. The number of carbonyl (C=O) groups is 1. The summed E-state index contributed by atoms with van der Waals surface area (Å²) in [5, 5.41) is 4.19. The fourth-order valence-electron chi connectivity index (χ4n) is 3.82. The molecule has 2 aromatic carbocycles. The van der Waals surface area contributed by atoms with E-state index in [1.54, 1.807) is 12.1 Å². The number of piperidine rings is 1. The molecule has 162 valence electrons. The first-order chi connectivity index (χ1) is 14.5. The second-order valence-electron chi connectivity index (χ2n) is 7.80. The van der Waals surface area contributed by atoms with E-state index in [0.717, 1.165) is 50.3 Å². The van der Waals surface area contributed by atoms with Gasteiger partial charge in [-0.2, -0.15) is 0 Å². The van der Waals surface area contributed by atoms with Gasteiger partial charge in [0, 0.05) is 17.6 Å². The zero-order valence-electron chi connectivity index (χ0n) is 17.3. The minimum atomic E-state index is -0.180. The molecule has 0 bridgehead atoms. The number of carbonyl (C=O) groups excluding carboxylic acids is 1. The Balaban J connectivity index is 1.39. The molecule has 1 aliphatic rings. The van der Waals surface area contributed by atoms with Crippen LogP contribution in [-0.2, 0) is 6.42 Å². The summed E-state index contributed by atoms with van der Waals surface area (Å²) in [4.78, 5) is 15.1. The summed E-state index contributed by atoms with van der Waals surface area (Å²) in [5.74, 6) is 0.736. The van der Waals surface area contributed by atoms with Gasteiger partial charge in [-0.05, 0) is 75.0 Å². The third-order valence-electron chi connectivity index (χ3n) is 5.67. The smallest absolute Gasteiger partial charge is 0.255 e. The zero-order chi connectivity index (χ0) is 21.5. The number of benzene rings is 2. The van der Waals surface area contributed by atoms with Gasteiger partial charge in [0.25, 0.3) is 5.91 Å². The van der Waals surface area contributed by atoms with Crippen molar-refractivity contribution < 1.29 is 9.53 Å². The van der Waals surface area contributed by atoms with Crippen molar-refractivity contribution in [2.24, 2.45) is 5.92 Å². The van der Waals surface area contributed by atoms with Gasteiger partial charge in [-0.3, -0.25) is 4.79 Å². The Labute approximate surface area is 188 Å². The number of halogens is 2. The molecule has 7 heteroatoms. The third-order valence-corrected chi connectivity index (χ3v) is 6.25. The summed E-state index contributed by atoms with van der Waals surface area (Å²) in [6.45, 7) is 3.89. The second-order valence-corrected chi connectivity index (χ2v) is 8.64. The van der Waals surface area contributed by atoms with Crippen LogP contribution < -0.4 is 15.8 Å². The van der Waals surface area contributed by atoms with Crippen molar-refractivity contribution >= 4 is 34.8 Å². The van der Waals surface area contributed by atoms with Gasteiger partial charge in [0.05, 0.1) is 23.4 Å². The Kier molecular flexibility index (Phi) is 8.25. The van der Waals surface area contributed by atoms with Gasteiger partial charge in [-0.15, -0.1) is 0 Å². The summed E-state index contributed by atoms with van der Waals surface area (Å²) in [6.07, 6.45) is 4.38. The maximum Gasteiger partial charge on any atom is 0.255 e. The van der Waals surface area contributed by atoms with Gasteiger partial charge in [0.1, 0.15) is 5.75 Å². The number of aryl methyl sites for hydroxylation is 1. The first-order valence-corrected chi connectivity index (χ1v) is 11.1. The molecule has 1 aliphatic heterocycles. The molecule has 1 heterocycles. The minimum Gasteiger partial charge on any atom is -0.496 e. The Morgan fingerprint density at radius 2 is 1.90 bits per heavy atom. The molecule has 0 spiro atoms. The number of rotatable bonds is 8. The van der Waals surface area contributed by atoms with E-state index in [1.807, 2.05) is 12.1 Å². The van der Waals surface area contributed by atoms with Crippen LogP contribution in [0.2, 0.25) is 10.0 Å². The van der Waals surface area contributed by atoms with E-state index in [1.165, 1.54) is 12.7 Å². The van der Waals surface area contributed by atoms with E-state index in [2.05, 4.69) is 22.3 Å². The van der Waals surface area contributed by atoms with Crippen LogP contribution in [0.15, 0.2) is 36.4 Å². The SMILES string of the molecule is COc1cc(Cl)c(N)cc1C(=O)NCC1CCN(CCCc2ccc(Cl)cc2)CC1. The van der Waals surface area contributed by atoms with Crippen molar-refractivity contribution in [3.8, 4) is 5.75 Å².